The smallest absolute Gasteiger partial charge is 0.306 e. The fourth-order valence-electron chi connectivity index (χ4n) is 5.88. The third-order valence-corrected chi connectivity index (χ3v) is 7.60. The molecular weight excluding hydrogens is 435 g/mol. The van der Waals surface area contributed by atoms with Gasteiger partial charge in [0.1, 0.15) is 5.82 Å². The highest BCUT2D eigenvalue weighted by molar-refractivity contribution is 5.93. The van der Waals surface area contributed by atoms with E-state index in [0.717, 1.165) is 53.4 Å². The number of aromatic nitrogens is 4. The zero-order valence-electron chi connectivity index (χ0n) is 18.8. The van der Waals surface area contributed by atoms with Crippen LogP contribution in [0.4, 0.5) is 4.39 Å². The molecule has 6 rings (SSSR count). The van der Waals surface area contributed by atoms with Crippen molar-refractivity contribution in [1.82, 2.24) is 19.7 Å². The third-order valence-electron chi connectivity index (χ3n) is 7.60. The Morgan fingerprint density at radius 2 is 1.79 bits per heavy atom. The molecule has 0 spiro atoms. The second-order valence-electron chi connectivity index (χ2n) is 9.55. The Labute approximate surface area is 195 Å². The molecular formula is C26H27FN4O3. The first-order valence-corrected chi connectivity index (χ1v) is 12.0. The van der Waals surface area contributed by atoms with Gasteiger partial charge < -0.3 is 14.4 Å². The quantitative estimate of drug-likeness (QED) is 0.430. The van der Waals surface area contributed by atoms with E-state index >= 15 is 0 Å². The molecule has 7 nitrogen and oxygen atoms in total. The highest BCUT2D eigenvalue weighted by atomic mass is 19.1. The van der Waals surface area contributed by atoms with Gasteiger partial charge in [0.25, 0.3) is 0 Å². The molecule has 3 aromatic heterocycles. The van der Waals surface area contributed by atoms with E-state index in [1.54, 1.807) is 6.20 Å². The van der Waals surface area contributed by atoms with Gasteiger partial charge >= 0.3 is 5.97 Å². The lowest BCUT2D eigenvalue weighted by Crippen LogP contribution is -2.23. The van der Waals surface area contributed by atoms with Gasteiger partial charge in [0, 0.05) is 41.5 Å². The molecule has 0 bridgehead atoms. The molecule has 1 saturated carbocycles. The van der Waals surface area contributed by atoms with Gasteiger partial charge in [-0.25, -0.2) is 9.37 Å². The second kappa shape index (κ2) is 8.51. The summed E-state index contributed by atoms with van der Waals surface area (Å²) < 4.78 is 21.8. The van der Waals surface area contributed by atoms with Crippen LogP contribution in [-0.4, -0.2) is 44.0 Å². The summed E-state index contributed by atoms with van der Waals surface area (Å²) in [6.07, 6.45) is 6.57. The third kappa shape index (κ3) is 3.57. The summed E-state index contributed by atoms with van der Waals surface area (Å²) in [5.41, 5.74) is 5.99. The van der Waals surface area contributed by atoms with E-state index in [-0.39, 0.29) is 23.6 Å². The maximum atomic E-state index is 13.8. The standard InChI is InChI=1S/C26H27FN4O3/c27-19-5-7-20(8-6-19)31-21-13-18-14-28-30-25(18)29-23(21)22(24(31)16-9-11-34-12-10-16)15-1-3-17(4-2-15)26(32)33/h5-8,13-17H,1-4,9-12H2,(H,32,33)(H,28,29,30). The number of ether oxygens (including phenoxy) is 1. The highest BCUT2D eigenvalue weighted by Crippen LogP contribution is 2.46. The molecule has 0 unspecified atom stereocenters. The zero-order chi connectivity index (χ0) is 23.2. The number of hydrogen-bond donors (Lipinski definition) is 2. The van der Waals surface area contributed by atoms with Crippen LogP contribution >= 0.6 is 0 Å². The van der Waals surface area contributed by atoms with Crippen LogP contribution in [0, 0.1) is 11.7 Å². The largest absolute Gasteiger partial charge is 0.481 e. The van der Waals surface area contributed by atoms with Crippen molar-refractivity contribution in [1.29, 1.82) is 0 Å². The van der Waals surface area contributed by atoms with E-state index in [9.17, 15) is 14.3 Å². The Balaban J connectivity index is 1.60. The van der Waals surface area contributed by atoms with Crippen LogP contribution in [-0.2, 0) is 9.53 Å². The molecule has 1 aliphatic heterocycles. The number of nitrogens with zero attached hydrogens (tertiary/aromatic N) is 3. The Morgan fingerprint density at radius 1 is 1.06 bits per heavy atom. The van der Waals surface area contributed by atoms with E-state index in [0.29, 0.717) is 26.1 Å². The number of halogens is 1. The minimum atomic E-state index is -0.700. The summed E-state index contributed by atoms with van der Waals surface area (Å²) in [6.45, 7) is 1.41. The van der Waals surface area contributed by atoms with E-state index in [4.69, 9.17) is 9.72 Å². The maximum absolute atomic E-state index is 13.8. The molecule has 2 N–H and O–H groups in total. The van der Waals surface area contributed by atoms with Gasteiger partial charge in [-0.1, -0.05) is 0 Å². The number of carboxylic acids is 1. The number of hydrogen-bond acceptors (Lipinski definition) is 4. The zero-order valence-corrected chi connectivity index (χ0v) is 18.8. The van der Waals surface area contributed by atoms with Gasteiger partial charge in [0.2, 0.25) is 0 Å². The van der Waals surface area contributed by atoms with Crippen LogP contribution < -0.4 is 0 Å². The average molecular weight is 463 g/mol. The number of aromatic amines is 1. The first-order valence-electron chi connectivity index (χ1n) is 12.0. The average Bonchev–Trinajstić information content (AvgIpc) is 3.45. The predicted octanol–water partition coefficient (Wildman–Crippen LogP) is 5.29. The van der Waals surface area contributed by atoms with Crippen LogP contribution in [0.25, 0.3) is 27.8 Å². The lowest BCUT2D eigenvalue weighted by Gasteiger charge is -2.30. The Bertz CT molecular complexity index is 1350. The number of aliphatic carboxylic acids is 1. The minimum absolute atomic E-state index is 0.227. The molecule has 4 aromatic rings. The van der Waals surface area contributed by atoms with Crippen LogP contribution in [0.15, 0.2) is 36.5 Å². The number of benzene rings is 1. The van der Waals surface area contributed by atoms with E-state index in [2.05, 4.69) is 20.8 Å². The van der Waals surface area contributed by atoms with Crippen molar-refractivity contribution in [2.24, 2.45) is 5.92 Å². The summed E-state index contributed by atoms with van der Waals surface area (Å²) in [7, 11) is 0. The molecule has 1 aliphatic carbocycles. The van der Waals surface area contributed by atoms with Crippen molar-refractivity contribution in [3.8, 4) is 5.69 Å². The molecule has 8 heteroatoms. The van der Waals surface area contributed by atoms with Crippen LogP contribution in [0.1, 0.15) is 61.6 Å². The lowest BCUT2D eigenvalue weighted by atomic mass is 9.76. The van der Waals surface area contributed by atoms with Gasteiger partial charge in [-0.3, -0.25) is 9.89 Å². The number of fused-ring (bicyclic) bond motifs is 2. The number of carbonyl (C=O) groups is 1. The van der Waals surface area contributed by atoms with Crippen LogP contribution in [0.3, 0.4) is 0 Å². The van der Waals surface area contributed by atoms with Crippen molar-refractivity contribution < 1.29 is 19.0 Å². The first kappa shape index (κ1) is 21.3. The van der Waals surface area contributed by atoms with Gasteiger partial charge in [0.05, 0.1) is 23.1 Å². The Kier molecular flexibility index (Phi) is 5.32. The molecule has 2 fully saturated rings. The lowest BCUT2D eigenvalue weighted by molar-refractivity contribution is -0.142. The van der Waals surface area contributed by atoms with E-state index < -0.39 is 5.97 Å². The fourth-order valence-corrected chi connectivity index (χ4v) is 5.88. The van der Waals surface area contributed by atoms with Crippen molar-refractivity contribution >= 4 is 28.0 Å². The molecule has 176 valence electrons. The monoisotopic (exact) mass is 462 g/mol. The van der Waals surface area contributed by atoms with Crippen LogP contribution in [0.5, 0.6) is 0 Å². The summed E-state index contributed by atoms with van der Waals surface area (Å²) in [6, 6.07) is 8.75. The molecule has 0 atom stereocenters. The van der Waals surface area contributed by atoms with E-state index in [1.807, 2.05) is 12.1 Å². The number of rotatable bonds is 4. The number of nitrogens with one attached hydrogen (secondary N) is 1. The van der Waals surface area contributed by atoms with Crippen molar-refractivity contribution in [3.63, 3.8) is 0 Å². The predicted molar refractivity (Wildman–Crippen MR) is 126 cm³/mol. The normalized spacial score (nSPS) is 21.9. The minimum Gasteiger partial charge on any atom is -0.481 e. The van der Waals surface area contributed by atoms with Gasteiger partial charge in [-0.05, 0) is 74.8 Å². The molecule has 1 saturated heterocycles. The topological polar surface area (TPSA) is 93.0 Å². The molecule has 0 radical (unpaired) electrons. The van der Waals surface area contributed by atoms with Crippen molar-refractivity contribution in [2.75, 3.05) is 13.2 Å². The molecule has 1 aromatic carbocycles. The SMILES string of the molecule is O=C(O)C1CCC(c2c(C3CCOCC3)n(-c3ccc(F)cc3)c3cc4cn[nH]c4nc23)CC1. The number of H-pyrrole nitrogens is 1. The number of pyridine rings is 1. The Morgan fingerprint density at radius 3 is 2.50 bits per heavy atom. The van der Waals surface area contributed by atoms with Crippen molar-refractivity contribution in [3.05, 3.63) is 53.6 Å². The summed E-state index contributed by atoms with van der Waals surface area (Å²) in [4.78, 5) is 16.6. The summed E-state index contributed by atoms with van der Waals surface area (Å²) in [5.74, 6) is -0.729. The van der Waals surface area contributed by atoms with E-state index in [1.165, 1.54) is 23.4 Å². The second-order valence-corrected chi connectivity index (χ2v) is 9.55. The molecule has 2 aliphatic rings. The molecule has 0 amide bonds. The molecule has 4 heterocycles. The van der Waals surface area contributed by atoms with Gasteiger partial charge in [-0.15, -0.1) is 0 Å². The highest BCUT2D eigenvalue weighted by Gasteiger charge is 2.35. The van der Waals surface area contributed by atoms with Gasteiger partial charge in [-0.2, -0.15) is 5.10 Å². The van der Waals surface area contributed by atoms with Gasteiger partial charge in [0.15, 0.2) is 5.65 Å². The summed E-state index contributed by atoms with van der Waals surface area (Å²) in [5, 5.41) is 17.6. The maximum Gasteiger partial charge on any atom is 0.306 e. The summed E-state index contributed by atoms with van der Waals surface area (Å²) >= 11 is 0. The molecule has 34 heavy (non-hydrogen) atoms. The van der Waals surface area contributed by atoms with Crippen LogP contribution in [0.2, 0.25) is 0 Å². The Hall–Kier alpha value is -3.26. The first-order chi connectivity index (χ1) is 16.6. The fraction of sp³-hybridized carbons (Fsp3) is 0.423. The van der Waals surface area contributed by atoms with Crippen molar-refractivity contribution in [2.45, 2.75) is 50.4 Å². The number of carboxylic acid groups (broad SMARTS) is 1.